The Balaban J connectivity index is 2.11. The lowest BCUT2D eigenvalue weighted by atomic mass is 10.0. The van der Waals surface area contributed by atoms with Crippen molar-refractivity contribution in [3.63, 3.8) is 0 Å². The molecule has 1 N–H and O–H groups in total. The standard InChI is InChI=1S/C30H34Cl3N3O4S/c1-5-21(3)34-30(38)28(15-22-12-7-6-8-13-22)35(18-23-14-10-9-11-20(23)2)29(37)19-36(41(4,39)40)27-17-25(32)24(31)16-26(27)33/h6-14,16-17,21,28H,5,15,18-19H2,1-4H3,(H,34,38)/t21-,28-/m0/s1. The van der Waals surface area contributed by atoms with E-state index in [-0.39, 0.29) is 45.7 Å². The topological polar surface area (TPSA) is 86.8 Å². The molecule has 7 nitrogen and oxygen atoms in total. The van der Waals surface area contributed by atoms with E-state index in [9.17, 15) is 18.0 Å². The number of nitrogens with zero attached hydrogens (tertiary/aromatic N) is 2. The molecule has 3 aromatic rings. The Bertz CT molecular complexity index is 1490. The first-order chi connectivity index (χ1) is 19.3. The molecule has 0 unspecified atom stereocenters. The van der Waals surface area contributed by atoms with Gasteiger partial charge in [0.15, 0.2) is 0 Å². The number of sulfonamides is 1. The summed E-state index contributed by atoms with van der Waals surface area (Å²) in [6, 6.07) is 18.5. The molecule has 0 radical (unpaired) electrons. The van der Waals surface area contributed by atoms with Crippen molar-refractivity contribution in [2.45, 2.75) is 52.2 Å². The number of anilines is 1. The highest BCUT2D eigenvalue weighted by Gasteiger charge is 2.34. The van der Waals surface area contributed by atoms with Crippen LogP contribution in [0.25, 0.3) is 0 Å². The number of hydrogen-bond acceptors (Lipinski definition) is 4. The third-order valence-electron chi connectivity index (χ3n) is 6.81. The Morgan fingerprint density at radius 3 is 2.15 bits per heavy atom. The normalized spacial score (nSPS) is 12.9. The van der Waals surface area contributed by atoms with Gasteiger partial charge in [-0.1, -0.05) is 96.3 Å². The third-order valence-corrected chi connectivity index (χ3v) is 8.96. The Kier molecular flexibility index (Phi) is 11.5. The Morgan fingerprint density at radius 2 is 1.54 bits per heavy atom. The van der Waals surface area contributed by atoms with Crippen molar-refractivity contribution in [3.8, 4) is 0 Å². The van der Waals surface area contributed by atoms with Crippen LogP contribution in [0.2, 0.25) is 15.1 Å². The van der Waals surface area contributed by atoms with E-state index in [2.05, 4.69) is 5.32 Å². The van der Waals surface area contributed by atoms with Crippen molar-refractivity contribution >= 4 is 62.3 Å². The fourth-order valence-electron chi connectivity index (χ4n) is 4.26. The van der Waals surface area contributed by atoms with Gasteiger partial charge in [-0.3, -0.25) is 13.9 Å². The van der Waals surface area contributed by atoms with Crippen molar-refractivity contribution < 1.29 is 18.0 Å². The molecule has 0 fully saturated rings. The maximum atomic E-state index is 14.2. The smallest absolute Gasteiger partial charge is 0.244 e. The highest BCUT2D eigenvalue weighted by molar-refractivity contribution is 7.92. The van der Waals surface area contributed by atoms with Crippen molar-refractivity contribution in [2.75, 3.05) is 17.1 Å². The molecule has 0 saturated heterocycles. The van der Waals surface area contributed by atoms with E-state index in [4.69, 9.17) is 34.8 Å². The van der Waals surface area contributed by atoms with E-state index in [1.807, 2.05) is 75.4 Å². The third kappa shape index (κ3) is 8.85. The number of carbonyl (C=O) groups excluding carboxylic acids is 2. The molecule has 0 aliphatic carbocycles. The molecule has 0 bridgehead atoms. The molecular formula is C30H34Cl3N3O4S. The predicted octanol–water partition coefficient (Wildman–Crippen LogP) is 6.28. The molecule has 0 aliphatic heterocycles. The number of amides is 2. The number of nitrogens with one attached hydrogen (secondary N) is 1. The molecule has 41 heavy (non-hydrogen) atoms. The summed E-state index contributed by atoms with van der Waals surface area (Å²) in [4.78, 5) is 29.4. The first-order valence-electron chi connectivity index (χ1n) is 13.1. The second kappa shape index (κ2) is 14.4. The van der Waals surface area contributed by atoms with Gasteiger partial charge in [0, 0.05) is 19.0 Å². The lowest BCUT2D eigenvalue weighted by Crippen LogP contribution is -2.54. The number of aryl methyl sites for hydroxylation is 1. The number of carbonyl (C=O) groups is 2. The van der Waals surface area contributed by atoms with Gasteiger partial charge >= 0.3 is 0 Å². The minimum absolute atomic E-state index is 0.0106. The zero-order valence-corrected chi connectivity index (χ0v) is 26.5. The highest BCUT2D eigenvalue weighted by Crippen LogP contribution is 2.35. The van der Waals surface area contributed by atoms with Gasteiger partial charge in [0.05, 0.1) is 27.0 Å². The van der Waals surface area contributed by atoms with E-state index in [1.54, 1.807) is 0 Å². The minimum Gasteiger partial charge on any atom is -0.352 e. The van der Waals surface area contributed by atoms with Gasteiger partial charge < -0.3 is 10.2 Å². The monoisotopic (exact) mass is 637 g/mol. The van der Waals surface area contributed by atoms with E-state index < -0.39 is 28.5 Å². The molecule has 0 saturated carbocycles. The summed E-state index contributed by atoms with van der Waals surface area (Å²) < 4.78 is 26.8. The number of benzene rings is 3. The van der Waals surface area contributed by atoms with Crippen molar-refractivity contribution in [3.05, 3.63) is 98.5 Å². The second-order valence-corrected chi connectivity index (χ2v) is 13.1. The van der Waals surface area contributed by atoms with Gasteiger partial charge in [-0.2, -0.15) is 0 Å². The summed E-state index contributed by atoms with van der Waals surface area (Å²) in [6.45, 7) is 5.25. The molecule has 11 heteroatoms. The van der Waals surface area contributed by atoms with E-state index >= 15 is 0 Å². The van der Waals surface area contributed by atoms with Crippen LogP contribution in [0.1, 0.15) is 37.0 Å². The summed E-state index contributed by atoms with van der Waals surface area (Å²) >= 11 is 18.6. The van der Waals surface area contributed by atoms with Crippen molar-refractivity contribution in [1.29, 1.82) is 0 Å². The lowest BCUT2D eigenvalue weighted by molar-refractivity contribution is -0.140. The maximum absolute atomic E-state index is 14.2. The van der Waals surface area contributed by atoms with Crippen molar-refractivity contribution in [1.82, 2.24) is 10.2 Å². The zero-order chi connectivity index (χ0) is 30.3. The van der Waals surface area contributed by atoms with Crippen LogP contribution in [-0.4, -0.2) is 50.0 Å². The van der Waals surface area contributed by atoms with E-state index in [0.29, 0.717) is 6.42 Å². The van der Waals surface area contributed by atoms with Gasteiger partial charge in [0.25, 0.3) is 0 Å². The van der Waals surface area contributed by atoms with Crippen LogP contribution in [0.5, 0.6) is 0 Å². The first kappa shape index (κ1) is 32.7. The second-order valence-electron chi connectivity index (χ2n) is 9.96. The Labute approximate surface area is 257 Å². The van der Waals surface area contributed by atoms with Crippen molar-refractivity contribution in [2.24, 2.45) is 0 Å². The zero-order valence-electron chi connectivity index (χ0n) is 23.4. The largest absolute Gasteiger partial charge is 0.352 e. The molecule has 220 valence electrons. The van der Waals surface area contributed by atoms with Gasteiger partial charge in [0.1, 0.15) is 12.6 Å². The van der Waals surface area contributed by atoms with Crippen LogP contribution in [-0.2, 0) is 32.6 Å². The molecule has 2 amide bonds. The van der Waals surface area contributed by atoms with E-state index in [1.165, 1.54) is 17.0 Å². The van der Waals surface area contributed by atoms with Crippen LogP contribution in [0, 0.1) is 6.92 Å². The predicted molar refractivity (Wildman–Crippen MR) is 167 cm³/mol. The molecule has 0 aliphatic rings. The van der Waals surface area contributed by atoms with Gasteiger partial charge in [0.2, 0.25) is 21.8 Å². The first-order valence-corrected chi connectivity index (χ1v) is 16.1. The summed E-state index contributed by atoms with van der Waals surface area (Å²) in [5.74, 6) is -0.912. The Morgan fingerprint density at radius 1 is 0.927 bits per heavy atom. The van der Waals surface area contributed by atoms with Crippen LogP contribution < -0.4 is 9.62 Å². The molecule has 0 aromatic heterocycles. The molecular weight excluding hydrogens is 605 g/mol. The average Bonchev–Trinajstić information content (AvgIpc) is 2.92. The quantitative estimate of drug-likeness (QED) is 0.237. The summed E-state index contributed by atoms with van der Waals surface area (Å²) in [5, 5.41) is 3.24. The summed E-state index contributed by atoms with van der Waals surface area (Å²) in [5.41, 5.74) is 2.62. The molecule has 0 spiro atoms. The highest BCUT2D eigenvalue weighted by atomic mass is 35.5. The fourth-order valence-corrected chi connectivity index (χ4v) is 5.81. The number of halogens is 3. The SMILES string of the molecule is CC[C@H](C)NC(=O)[C@H](Cc1ccccc1)N(Cc1ccccc1C)C(=O)CN(c1cc(Cl)c(Cl)cc1Cl)S(C)(=O)=O. The average molecular weight is 639 g/mol. The molecule has 2 atom stereocenters. The van der Waals surface area contributed by atoms with Gasteiger partial charge in [-0.15, -0.1) is 0 Å². The summed E-state index contributed by atoms with van der Waals surface area (Å²) in [6.07, 6.45) is 1.91. The van der Waals surface area contributed by atoms with Crippen LogP contribution in [0.4, 0.5) is 5.69 Å². The molecule has 3 rings (SSSR count). The Hall–Kier alpha value is -2.78. The fraction of sp³-hybridized carbons (Fsp3) is 0.333. The molecule has 0 heterocycles. The van der Waals surface area contributed by atoms with E-state index in [0.717, 1.165) is 27.3 Å². The van der Waals surface area contributed by atoms with Gasteiger partial charge in [-0.05, 0) is 49.1 Å². The summed E-state index contributed by atoms with van der Waals surface area (Å²) in [7, 11) is -4.01. The van der Waals surface area contributed by atoms with Crippen LogP contribution >= 0.6 is 34.8 Å². The molecule has 3 aromatic carbocycles. The number of rotatable bonds is 12. The van der Waals surface area contributed by atoms with Crippen LogP contribution in [0.3, 0.4) is 0 Å². The maximum Gasteiger partial charge on any atom is 0.244 e. The number of hydrogen-bond donors (Lipinski definition) is 1. The van der Waals surface area contributed by atoms with Crippen LogP contribution in [0.15, 0.2) is 66.7 Å². The minimum atomic E-state index is -4.01. The van der Waals surface area contributed by atoms with Gasteiger partial charge in [-0.25, -0.2) is 8.42 Å². The lowest BCUT2D eigenvalue weighted by Gasteiger charge is -2.34.